The second-order valence-corrected chi connectivity index (χ2v) is 39.9. The van der Waals surface area contributed by atoms with E-state index < -0.39 is 9.84 Å². The Bertz CT molecular complexity index is 7140. The van der Waals surface area contributed by atoms with Crippen molar-refractivity contribution in [2.75, 3.05) is 16.0 Å². The molecule has 0 fully saturated rings. The molecule has 10 heteroatoms. The minimum Gasteiger partial charge on any atom is -0.423 e. The van der Waals surface area contributed by atoms with Crippen molar-refractivity contribution in [2.45, 2.75) is 160 Å². The van der Waals surface area contributed by atoms with Crippen LogP contribution >= 0.6 is 0 Å². The molecule has 0 saturated carbocycles. The zero-order valence-corrected chi connectivity index (χ0v) is 87.1. The molecule has 143 heavy (non-hydrogen) atoms. The Morgan fingerprint density at radius 1 is 0.259 bits per heavy atom. The van der Waals surface area contributed by atoms with Crippen molar-refractivity contribution < 1.29 is 27.5 Å². The summed E-state index contributed by atoms with van der Waals surface area (Å²) in [6.07, 6.45) is 1.11. The first-order valence-corrected chi connectivity index (χ1v) is 50.2. The number of nitrogens with one attached hydrogen (secondary N) is 3. The molecule has 0 saturated heterocycles. The van der Waals surface area contributed by atoms with Crippen LogP contribution in [-0.2, 0) is 21.7 Å². The summed E-state index contributed by atoms with van der Waals surface area (Å²) in [5.74, 6) is 0.170. The van der Waals surface area contributed by atoms with Crippen LogP contribution in [0.5, 0.6) is 5.75 Å². The molecule has 0 aromatic heterocycles. The summed E-state index contributed by atoms with van der Waals surface area (Å²) in [6.45, 7) is 41.9. The maximum Gasteiger partial charge on any atom is 0.343 e. The first kappa shape index (κ1) is 106. The van der Waals surface area contributed by atoms with Crippen LogP contribution in [0.1, 0.15) is 157 Å². The second kappa shape index (κ2) is 50.3. The van der Waals surface area contributed by atoms with Crippen molar-refractivity contribution in [1.82, 2.24) is 0 Å². The molecule has 3 N–H and O–H groups in total. The Morgan fingerprint density at radius 3 is 0.860 bits per heavy atom. The van der Waals surface area contributed by atoms with E-state index in [2.05, 4.69) is 317 Å². The molecular formula is C133H133N3O6S. The third-order valence-electron chi connectivity index (χ3n) is 25.3. The van der Waals surface area contributed by atoms with E-state index >= 15 is 0 Å². The molecule has 19 aromatic rings. The molecule has 3 amide bonds. The predicted octanol–water partition coefficient (Wildman–Crippen LogP) is 34.7. The van der Waals surface area contributed by atoms with Gasteiger partial charge >= 0.3 is 12.0 Å². The zero-order chi connectivity index (χ0) is 102. The number of benzene rings is 19. The van der Waals surface area contributed by atoms with E-state index in [0.717, 1.165) is 51.3 Å². The molecule has 20 rings (SSSR count). The van der Waals surface area contributed by atoms with E-state index in [9.17, 15) is 22.8 Å². The number of amides is 3. The number of ether oxygens (including phenoxy) is 1. The van der Waals surface area contributed by atoms with Crippen LogP contribution in [0.25, 0.3) is 54.6 Å². The van der Waals surface area contributed by atoms with E-state index in [1.54, 1.807) is 72.8 Å². The van der Waals surface area contributed by atoms with Gasteiger partial charge in [-0.05, 0) is 339 Å². The highest BCUT2D eigenvalue weighted by Gasteiger charge is 2.24. The molecule has 0 aliphatic heterocycles. The summed E-state index contributed by atoms with van der Waals surface area (Å²) >= 11 is 0. The zero-order valence-electron chi connectivity index (χ0n) is 86.3. The highest BCUT2D eigenvalue weighted by atomic mass is 32.2. The van der Waals surface area contributed by atoms with E-state index in [0.29, 0.717) is 26.7 Å². The highest BCUT2D eigenvalue weighted by Crippen LogP contribution is 2.38. The Kier molecular flexibility index (Phi) is 37.3. The van der Waals surface area contributed by atoms with Crippen molar-refractivity contribution in [3.8, 4) is 28.0 Å². The van der Waals surface area contributed by atoms with Crippen LogP contribution in [0, 0.1) is 125 Å². The van der Waals surface area contributed by atoms with Crippen LogP contribution < -0.4 is 20.7 Å². The average Bonchev–Trinajstić information content (AvgIpc) is 1.70. The molecule has 0 radical (unpaired) electrons. The lowest BCUT2D eigenvalue weighted by Gasteiger charge is -2.26. The Morgan fingerprint density at radius 2 is 0.524 bits per heavy atom. The van der Waals surface area contributed by atoms with Crippen molar-refractivity contribution in [1.29, 1.82) is 0 Å². The molecule has 0 atom stereocenters. The molecule has 1 aliphatic carbocycles. The fourth-order valence-corrected chi connectivity index (χ4v) is 17.5. The van der Waals surface area contributed by atoms with Crippen molar-refractivity contribution in [3.05, 3.63) is 546 Å². The molecule has 0 unspecified atom stereocenters. The number of urea groups is 1. The van der Waals surface area contributed by atoms with Crippen molar-refractivity contribution in [2.24, 2.45) is 0 Å². The van der Waals surface area contributed by atoms with Gasteiger partial charge in [-0.15, -0.1) is 0 Å². The molecular weight excluding hydrogens is 1770 g/mol. The van der Waals surface area contributed by atoms with E-state index in [1.807, 2.05) is 177 Å². The molecule has 722 valence electrons. The number of aryl methyl sites for hydroxylation is 18. The number of esters is 1. The number of fused-ring (bicyclic) bond motifs is 6. The van der Waals surface area contributed by atoms with Crippen molar-refractivity contribution in [3.63, 3.8) is 0 Å². The fourth-order valence-electron chi connectivity index (χ4n) is 16.2. The van der Waals surface area contributed by atoms with Gasteiger partial charge in [-0.2, -0.15) is 0 Å². The molecule has 0 bridgehead atoms. The Labute approximate surface area is 848 Å². The smallest absolute Gasteiger partial charge is 0.343 e. The van der Waals surface area contributed by atoms with Gasteiger partial charge in [0.25, 0.3) is 5.91 Å². The molecule has 0 heterocycles. The summed E-state index contributed by atoms with van der Waals surface area (Å²) in [4.78, 5) is 36.1. The molecule has 0 spiro atoms. The molecule has 9 nitrogen and oxygen atoms in total. The minimum absolute atomic E-state index is 0.0708. The normalized spacial score (nSPS) is 10.8. The Balaban J connectivity index is 0.000000144. The van der Waals surface area contributed by atoms with Crippen LogP contribution in [0.15, 0.2) is 422 Å². The van der Waals surface area contributed by atoms with Gasteiger partial charge in [-0.1, -0.05) is 395 Å². The first-order valence-electron chi connectivity index (χ1n) is 48.7. The number of carbonyl (C=O) groups excluding carboxylic acids is 3. The third-order valence-corrected chi connectivity index (χ3v) is 27.1. The Hall–Kier alpha value is -15.9. The average molecular weight is 1900 g/mol. The largest absolute Gasteiger partial charge is 0.423 e. The maximum absolute atomic E-state index is 12.3. The number of hydrogen-bond donors (Lipinski definition) is 3. The lowest BCUT2D eigenvalue weighted by atomic mass is 9.78. The molecule has 19 aromatic carbocycles. The van der Waals surface area contributed by atoms with E-state index in [-0.39, 0.29) is 23.3 Å². The van der Waals surface area contributed by atoms with Gasteiger partial charge in [0.05, 0.1) is 15.4 Å². The lowest BCUT2D eigenvalue weighted by Crippen LogP contribution is -2.19. The number of anilines is 3. The lowest BCUT2D eigenvalue weighted by molar-refractivity contribution is 0.0734. The van der Waals surface area contributed by atoms with Gasteiger partial charge in [-0.25, -0.2) is 18.0 Å². The summed E-state index contributed by atoms with van der Waals surface area (Å²) in [7, 11) is -3.37. The quantitative estimate of drug-likeness (QED) is 0.0672. The topological polar surface area (TPSA) is 131 Å². The number of hydrogen-bond acceptors (Lipinski definition) is 6. The third kappa shape index (κ3) is 31.1. The minimum atomic E-state index is -3.37. The number of carbonyl (C=O) groups is 3. The van der Waals surface area contributed by atoms with Gasteiger partial charge in [0.15, 0.2) is 0 Å². The van der Waals surface area contributed by atoms with Gasteiger partial charge in [-0.3, -0.25) is 4.79 Å². The van der Waals surface area contributed by atoms with Crippen LogP contribution in [0.4, 0.5) is 21.9 Å². The van der Waals surface area contributed by atoms with Crippen molar-refractivity contribution >= 4 is 77.1 Å². The summed E-state index contributed by atoms with van der Waals surface area (Å²) < 4.78 is 29.8. The first-order chi connectivity index (χ1) is 68.5. The van der Waals surface area contributed by atoms with Gasteiger partial charge < -0.3 is 20.7 Å². The number of rotatable bonds is 11. The number of sulfone groups is 1. The predicted molar refractivity (Wildman–Crippen MR) is 605 cm³/mol. The molecule has 1 aliphatic rings. The van der Waals surface area contributed by atoms with E-state index in [1.165, 1.54) is 149 Å². The summed E-state index contributed by atoms with van der Waals surface area (Å²) in [5, 5.41) is 16.6. The summed E-state index contributed by atoms with van der Waals surface area (Å²) in [6, 6.07) is 138. The summed E-state index contributed by atoms with van der Waals surface area (Å²) in [5.41, 5.74) is 37.2. The van der Waals surface area contributed by atoms with Gasteiger partial charge in [0.2, 0.25) is 9.84 Å². The van der Waals surface area contributed by atoms with Gasteiger partial charge in [0.1, 0.15) is 5.75 Å². The standard InChI is InChI=1S/C17H20.C16H14.C15H16N2O.C15H15NO.C15H14O2.C15H14.C14H14O2S.C14H14.C12H12/c1-13-5-9-15(10-6-13)17(3,4)16-11-7-14(2)8-12-16;1-11-5-3-7-13-10-16-12(2)6-4-8-14(16)9-15(11)13;1-11-3-7-13(8-4-11)16-15(18)17-14-9-5-12(2)6-10-14;1-11-3-7-13(8-4-11)15(17)16-14-9-5-12(2)6-10-14;1-11-3-7-13(8-4-11)15(16)17-14-9-5-12(2)6-10-14;1-10-3-5-14-12(7-10)9-13-8-11(2)4-6-15(13)14;1-11-3-7-13(8-4-11)17(15,16)14-9-5-12(2)6-10-14;1-11-3-7-13(8-4-11)14-9-5-12(2)6-10-14;1-9-5-3-8-12-10(2)6-4-7-11(9)12/h5-12H,1-4H3;3-10H,1-2H3;3-10H,1-2H3,(H2,16,17,18);3-10H,1-2H3,(H,16,17);3-10H,1-2H3;3-8H,9H2,1-2H3;3-10H,1-2H3;3-10H,1-2H3;3-8H,1-2H3. The van der Waals surface area contributed by atoms with Crippen LogP contribution in [0.3, 0.4) is 0 Å². The SMILES string of the molecule is Cc1ccc(-c2ccc(C)cc2)cc1.Cc1ccc(C(C)(C)c2ccc(C)cc2)cc1.Cc1ccc(NC(=O)Nc2ccc(C)cc2)cc1.Cc1ccc(NC(=O)c2ccc(C)cc2)cc1.Cc1ccc(OC(=O)c2ccc(C)cc2)cc1.Cc1ccc(S(=O)(=O)c2ccc(C)cc2)cc1.Cc1ccc2c(c1)Cc1cc(C)ccc1-2.Cc1cccc2c(C)cccc12.Cc1cccc2cc3c(C)cccc3cc12. The maximum atomic E-state index is 12.3. The fraction of sp³-hybridized carbons (Fsp3) is 0.165. The van der Waals surface area contributed by atoms with Gasteiger partial charge in [0, 0.05) is 28.0 Å². The monoisotopic (exact) mass is 1900 g/mol. The highest BCUT2D eigenvalue weighted by molar-refractivity contribution is 7.91. The van der Waals surface area contributed by atoms with Crippen LogP contribution in [0.2, 0.25) is 0 Å². The second-order valence-electron chi connectivity index (χ2n) is 38.0. The van der Waals surface area contributed by atoms with Crippen LogP contribution in [-0.4, -0.2) is 26.3 Å². The van der Waals surface area contributed by atoms with E-state index in [4.69, 9.17) is 4.74 Å².